The third-order valence-electron chi connectivity index (χ3n) is 5.77. The number of pyridine rings is 1. The van der Waals surface area contributed by atoms with E-state index < -0.39 is 27.3 Å². The highest BCUT2D eigenvalue weighted by Crippen LogP contribution is 2.35. The van der Waals surface area contributed by atoms with Gasteiger partial charge in [-0.15, -0.1) is 0 Å². The lowest BCUT2D eigenvalue weighted by molar-refractivity contribution is -0.137. The van der Waals surface area contributed by atoms with Crippen molar-refractivity contribution in [1.29, 1.82) is 0 Å². The van der Waals surface area contributed by atoms with Gasteiger partial charge in [0.1, 0.15) is 12.0 Å². The number of oxazole rings is 1. The molecule has 38 heavy (non-hydrogen) atoms. The standard InChI is InChI=1S/C26H18F3N3O5S/c1-36-23-15-17(16-3-2-4-19(13-16)26(27,28)29)5-8-22(23)32-21-9-7-20(14-18(21)6-10-24(32)33)38(34,35)31-25-30-11-12-37-25/h2-15H,1H3,(H,30,31). The average Bonchev–Trinajstić information content (AvgIpc) is 3.40. The lowest BCUT2D eigenvalue weighted by atomic mass is 10.0. The van der Waals surface area contributed by atoms with Crippen molar-refractivity contribution in [3.05, 3.63) is 101 Å². The Bertz CT molecular complexity index is 1810. The number of aromatic nitrogens is 2. The van der Waals surface area contributed by atoms with Gasteiger partial charge in [-0.2, -0.15) is 13.2 Å². The van der Waals surface area contributed by atoms with Gasteiger partial charge in [0.25, 0.3) is 15.6 Å². The number of alkyl halides is 3. The van der Waals surface area contributed by atoms with E-state index in [1.54, 1.807) is 18.2 Å². The molecule has 0 spiro atoms. The van der Waals surface area contributed by atoms with Crippen molar-refractivity contribution in [1.82, 2.24) is 9.55 Å². The highest BCUT2D eigenvalue weighted by Gasteiger charge is 2.30. The highest BCUT2D eigenvalue weighted by atomic mass is 32.2. The molecule has 0 saturated heterocycles. The summed E-state index contributed by atoms with van der Waals surface area (Å²) in [7, 11) is -2.64. The summed E-state index contributed by atoms with van der Waals surface area (Å²) in [6.07, 6.45) is -1.97. The smallest absolute Gasteiger partial charge is 0.416 e. The Morgan fingerprint density at radius 1 is 0.974 bits per heavy atom. The van der Waals surface area contributed by atoms with Crippen molar-refractivity contribution in [2.45, 2.75) is 11.1 Å². The maximum Gasteiger partial charge on any atom is 0.416 e. The van der Waals surface area contributed by atoms with Gasteiger partial charge in [-0.3, -0.25) is 9.36 Å². The molecule has 5 rings (SSSR count). The van der Waals surface area contributed by atoms with Gasteiger partial charge in [-0.05, 0) is 59.7 Å². The van der Waals surface area contributed by atoms with Crippen LogP contribution in [0.1, 0.15) is 5.56 Å². The van der Waals surface area contributed by atoms with Crippen LogP contribution >= 0.6 is 0 Å². The highest BCUT2D eigenvalue weighted by molar-refractivity contribution is 7.92. The first kappa shape index (κ1) is 25.1. The molecule has 0 radical (unpaired) electrons. The minimum atomic E-state index is -4.49. The van der Waals surface area contributed by atoms with Gasteiger partial charge < -0.3 is 9.15 Å². The summed E-state index contributed by atoms with van der Waals surface area (Å²) in [6.45, 7) is 0. The molecule has 194 valence electrons. The topological polar surface area (TPSA) is 103 Å². The van der Waals surface area contributed by atoms with Crippen molar-refractivity contribution in [3.63, 3.8) is 0 Å². The number of anilines is 1. The first-order valence-corrected chi connectivity index (χ1v) is 12.5. The summed E-state index contributed by atoms with van der Waals surface area (Å²) >= 11 is 0. The number of hydrogen-bond acceptors (Lipinski definition) is 6. The van der Waals surface area contributed by atoms with Crippen LogP contribution in [-0.2, 0) is 16.2 Å². The average molecular weight is 542 g/mol. The minimum absolute atomic E-state index is 0.0831. The van der Waals surface area contributed by atoms with Gasteiger partial charge in [-0.25, -0.2) is 18.1 Å². The van der Waals surface area contributed by atoms with Gasteiger partial charge in [0, 0.05) is 11.5 Å². The molecule has 8 nitrogen and oxygen atoms in total. The molecular formula is C26H18F3N3O5S. The Morgan fingerprint density at radius 2 is 1.76 bits per heavy atom. The van der Waals surface area contributed by atoms with E-state index in [0.717, 1.165) is 12.1 Å². The number of fused-ring (bicyclic) bond motifs is 1. The van der Waals surface area contributed by atoms with E-state index in [-0.39, 0.29) is 16.7 Å². The first-order valence-electron chi connectivity index (χ1n) is 11.0. The van der Waals surface area contributed by atoms with Crippen LogP contribution in [0.4, 0.5) is 19.2 Å². The van der Waals surface area contributed by atoms with E-state index in [1.165, 1.54) is 66.6 Å². The zero-order valence-electron chi connectivity index (χ0n) is 19.6. The monoisotopic (exact) mass is 541 g/mol. The van der Waals surface area contributed by atoms with E-state index in [4.69, 9.17) is 9.15 Å². The van der Waals surface area contributed by atoms with Crippen LogP contribution in [0.5, 0.6) is 5.75 Å². The van der Waals surface area contributed by atoms with E-state index in [1.807, 2.05) is 0 Å². The number of nitrogens with zero attached hydrogens (tertiary/aromatic N) is 2. The molecule has 0 fully saturated rings. The fraction of sp³-hybridized carbons (Fsp3) is 0.0769. The van der Waals surface area contributed by atoms with Crippen molar-refractivity contribution in [2.24, 2.45) is 0 Å². The summed E-state index contributed by atoms with van der Waals surface area (Å²) in [5.41, 5.74) is 0.284. The summed E-state index contributed by atoms with van der Waals surface area (Å²) < 4.78 is 79.1. The molecular weight excluding hydrogens is 523 g/mol. The molecule has 2 heterocycles. The molecule has 0 atom stereocenters. The number of methoxy groups -OCH3 is 1. The molecule has 2 aromatic heterocycles. The number of rotatable bonds is 6. The number of ether oxygens (including phenoxy) is 1. The maximum absolute atomic E-state index is 13.2. The van der Waals surface area contributed by atoms with Crippen LogP contribution in [0.2, 0.25) is 0 Å². The second-order valence-electron chi connectivity index (χ2n) is 8.14. The Kier molecular flexibility index (Phi) is 6.19. The summed E-state index contributed by atoms with van der Waals surface area (Å²) in [4.78, 5) is 16.6. The Balaban J connectivity index is 1.59. The molecule has 3 aromatic carbocycles. The minimum Gasteiger partial charge on any atom is -0.495 e. The Morgan fingerprint density at radius 3 is 2.47 bits per heavy atom. The molecule has 0 unspecified atom stereocenters. The number of hydrogen-bond donors (Lipinski definition) is 1. The van der Waals surface area contributed by atoms with Gasteiger partial charge in [0.05, 0.1) is 35.0 Å². The summed E-state index contributed by atoms with van der Waals surface area (Å²) in [5, 5.41) is 0.434. The molecule has 0 bridgehead atoms. The fourth-order valence-corrected chi connectivity index (χ4v) is 4.98. The first-order chi connectivity index (χ1) is 18.1. The molecule has 0 aliphatic heterocycles. The molecule has 0 amide bonds. The van der Waals surface area contributed by atoms with Crippen molar-refractivity contribution < 1.29 is 30.7 Å². The van der Waals surface area contributed by atoms with Crippen LogP contribution in [-0.4, -0.2) is 25.1 Å². The van der Waals surface area contributed by atoms with Gasteiger partial charge in [0.15, 0.2) is 0 Å². The molecule has 0 aliphatic rings. The van der Waals surface area contributed by atoms with E-state index >= 15 is 0 Å². The predicted molar refractivity (Wildman–Crippen MR) is 134 cm³/mol. The normalized spacial score (nSPS) is 12.0. The van der Waals surface area contributed by atoms with Crippen molar-refractivity contribution >= 4 is 26.9 Å². The van der Waals surface area contributed by atoms with Crippen molar-refractivity contribution in [3.8, 4) is 22.6 Å². The number of sulfonamides is 1. The zero-order chi connectivity index (χ0) is 27.1. The largest absolute Gasteiger partial charge is 0.495 e. The second kappa shape index (κ2) is 9.38. The SMILES string of the molecule is COc1cc(-c2cccc(C(F)(F)F)c2)ccc1-n1c(=O)ccc2cc(S(=O)(=O)Nc3ncco3)ccc21. The van der Waals surface area contributed by atoms with Gasteiger partial charge in [-0.1, -0.05) is 18.2 Å². The van der Waals surface area contributed by atoms with E-state index in [0.29, 0.717) is 27.7 Å². The summed E-state index contributed by atoms with van der Waals surface area (Å²) in [5.74, 6) is 0.233. The Labute approximate surface area is 214 Å². The maximum atomic E-state index is 13.2. The lowest BCUT2D eigenvalue weighted by Crippen LogP contribution is -2.18. The van der Waals surface area contributed by atoms with Crippen LogP contribution in [0, 0.1) is 0 Å². The quantitative estimate of drug-likeness (QED) is 0.306. The molecule has 0 aliphatic carbocycles. The van der Waals surface area contributed by atoms with E-state index in [9.17, 15) is 26.4 Å². The lowest BCUT2D eigenvalue weighted by Gasteiger charge is -2.16. The number of benzene rings is 3. The number of nitrogens with one attached hydrogen (secondary N) is 1. The molecule has 5 aromatic rings. The second-order valence-corrected chi connectivity index (χ2v) is 9.82. The fourth-order valence-electron chi connectivity index (χ4n) is 4.00. The van der Waals surface area contributed by atoms with Crippen LogP contribution in [0.25, 0.3) is 27.7 Å². The third-order valence-corrected chi connectivity index (χ3v) is 7.09. The predicted octanol–water partition coefficient (Wildman–Crippen LogP) is 5.47. The van der Waals surface area contributed by atoms with Crippen molar-refractivity contribution in [2.75, 3.05) is 11.8 Å². The Hall–Kier alpha value is -4.58. The van der Waals surface area contributed by atoms with Gasteiger partial charge >= 0.3 is 12.2 Å². The molecule has 12 heteroatoms. The van der Waals surface area contributed by atoms with E-state index in [2.05, 4.69) is 9.71 Å². The zero-order valence-corrected chi connectivity index (χ0v) is 20.4. The molecule has 0 saturated carbocycles. The van der Waals surface area contributed by atoms with Crippen LogP contribution in [0.15, 0.2) is 99.4 Å². The van der Waals surface area contributed by atoms with Gasteiger partial charge in [0.2, 0.25) is 0 Å². The van der Waals surface area contributed by atoms with Crippen LogP contribution < -0.4 is 15.0 Å². The number of halogens is 3. The summed E-state index contributed by atoms with van der Waals surface area (Å²) in [6, 6.07) is 16.3. The van der Waals surface area contributed by atoms with Crippen LogP contribution in [0.3, 0.4) is 0 Å². The molecule has 1 N–H and O–H groups in total. The third kappa shape index (κ3) is 4.73.